The quantitative estimate of drug-likeness (QED) is 0.0225. The zero-order valence-corrected chi connectivity index (χ0v) is 49.1. The minimum absolute atomic E-state index is 0.0525. The average Bonchev–Trinajstić information content (AvgIpc) is 3.38. The number of phenols is 1. The van der Waals surface area contributed by atoms with Gasteiger partial charge in [-0.25, -0.2) is 4.79 Å². The van der Waals surface area contributed by atoms with Crippen LogP contribution in [0, 0.1) is 29.6 Å². The van der Waals surface area contributed by atoms with E-state index in [1.807, 2.05) is 34.6 Å². The fraction of sp³-hybridized carbons (Fsp3) is 0.691. The standard InChI is InChI=1S/C55H96N14O12/c1-11-33(10)45(69-51(77)41(27-31(6)7)66-47(73)37(16-14-24-61-55(59)60)62-52(78)44(58)32(8)9)53(79)63-36(15-12-13-23-56)46(72)65-39(25-29(2)3)48(74)67-40(26-30(4)5)49(75)68-42(28-34-17-19-35(70)20-18-34)50(76)64-38(54(80)81)21-22-43(57)71/h17-20,29-33,36-42,44-45,70H,11-16,21-28,56,58H2,1-10H3,(H2,57,71)(H,62,78)(H,63,79)(H,64,76)(H,65,72)(H,66,73)(H,67,74)(H,68,75)(H,69,77)(H,80,81)(H4,59,60,61)/t33-,36-,37-,38-,39-,40-,41-,42-,44-,45-/m0/s1. The van der Waals surface area contributed by atoms with E-state index in [-0.39, 0.29) is 106 Å². The van der Waals surface area contributed by atoms with Gasteiger partial charge in [-0.1, -0.05) is 87.8 Å². The van der Waals surface area contributed by atoms with Crippen LogP contribution in [0.2, 0.25) is 0 Å². The number of amides is 9. The number of aromatic hydroxyl groups is 1. The molecule has 0 aliphatic heterocycles. The first-order chi connectivity index (χ1) is 37.9. The molecule has 0 radical (unpaired) electrons. The second-order valence-electron chi connectivity index (χ2n) is 22.4. The topological polar surface area (TPSA) is 450 Å². The van der Waals surface area contributed by atoms with Crippen molar-refractivity contribution in [1.82, 2.24) is 42.5 Å². The van der Waals surface area contributed by atoms with Crippen molar-refractivity contribution in [2.24, 2.45) is 63.3 Å². The number of nitrogens with zero attached hydrogens (tertiary/aromatic N) is 1. The molecule has 81 heavy (non-hydrogen) atoms. The minimum atomic E-state index is -1.54. The van der Waals surface area contributed by atoms with Crippen molar-refractivity contribution in [2.45, 2.75) is 201 Å². The molecule has 0 unspecified atom stereocenters. The van der Waals surface area contributed by atoms with Crippen molar-refractivity contribution in [3.8, 4) is 5.75 Å². The first kappa shape index (κ1) is 71.9. The van der Waals surface area contributed by atoms with Gasteiger partial charge in [-0.3, -0.25) is 48.1 Å². The molecule has 26 heteroatoms. The number of carboxylic acid groups (broad SMARTS) is 1. The number of carbonyl (C=O) groups is 10. The molecule has 26 nitrogen and oxygen atoms in total. The molecule has 1 aromatic carbocycles. The first-order valence-corrected chi connectivity index (χ1v) is 28.1. The van der Waals surface area contributed by atoms with Crippen LogP contribution in [-0.2, 0) is 54.4 Å². The first-order valence-electron chi connectivity index (χ1n) is 28.1. The monoisotopic (exact) mass is 1140 g/mol. The zero-order valence-electron chi connectivity index (χ0n) is 49.1. The van der Waals surface area contributed by atoms with E-state index in [0.29, 0.717) is 24.8 Å². The van der Waals surface area contributed by atoms with Gasteiger partial charge in [-0.05, 0) is 112 Å². The van der Waals surface area contributed by atoms with Crippen LogP contribution < -0.4 is 71.2 Å². The van der Waals surface area contributed by atoms with Crippen LogP contribution in [0.4, 0.5) is 0 Å². The van der Waals surface area contributed by atoms with E-state index in [4.69, 9.17) is 28.7 Å². The highest BCUT2D eigenvalue weighted by Gasteiger charge is 2.37. The van der Waals surface area contributed by atoms with Crippen molar-refractivity contribution in [3.05, 3.63) is 29.8 Å². The maximum absolute atomic E-state index is 14.5. The third-order valence-corrected chi connectivity index (χ3v) is 13.3. The van der Waals surface area contributed by atoms with Gasteiger partial charge < -0.3 is 81.4 Å². The van der Waals surface area contributed by atoms with Crippen LogP contribution in [0.3, 0.4) is 0 Å². The molecular weight excluding hydrogens is 1050 g/mol. The molecule has 20 N–H and O–H groups in total. The summed E-state index contributed by atoms with van der Waals surface area (Å²) in [6, 6.07) is -5.51. The number of guanidine groups is 1. The van der Waals surface area contributed by atoms with E-state index in [1.54, 1.807) is 34.6 Å². The summed E-state index contributed by atoms with van der Waals surface area (Å²) in [4.78, 5) is 140. The molecule has 0 aromatic heterocycles. The molecule has 0 fully saturated rings. The summed E-state index contributed by atoms with van der Waals surface area (Å²) in [7, 11) is 0. The van der Waals surface area contributed by atoms with E-state index in [1.165, 1.54) is 24.3 Å². The summed E-state index contributed by atoms with van der Waals surface area (Å²) >= 11 is 0. The summed E-state index contributed by atoms with van der Waals surface area (Å²) in [5.41, 5.74) is 28.6. The van der Waals surface area contributed by atoms with Crippen LogP contribution >= 0.6 is 0 Å². The summed E-state index contributed by atoms with van der Waals surface area (Å²) in [5, 5.41) is 41.3. The summed E-state index contributed by atoms with van der Waals surface area (Å²) < 4.78 is 0. The normalized spacial score (nSPS) is 15.1. The van der Waals surface area contributed by atoms with Gasteiger partial charge in [0.25, 0.3) is 0 Å². The van der Waals surface area contributed by atoms with Crippen molar-refractivity contribution in [2.75, 3.05) is 13.1 Å². The highest BCUT2D eigenvalue weighted by molar-refractivity contribution is 5.98. The summed E-state index contributed by atoms with van der Waals surface area (Å²) in [6.45, 7) is 18.4. The Bertz CT molecular complexity index is 2240. The molecule has 1 rings (SSSR count). The molecule has 0 saturated heterocycles. The number of benzene rings is 1. The minimum Gasteiger partial charge on any atom is -0.508 e. The Labute approximate surface area is 477 Å². The Hall–Kier alpha value is -7.09. The molecule has 0 saturated carbocycles. The van der Waals surface area contributed by atoms with E-state index in [9.17, 15) is 58.2 Å². The maximum Gasteiger partial charge on any atom is 0.326 e. The molecule has 0 aliphatic rings. The lowest BCUT2D eigenvalue weighted by atomic mass is 9.95. The number of nitrogens with two attached hydrogens (primary N) is 5. The molecule has 9 amide bonds. The van der Waals surface area contributed by atoms with Gasteiger partial charge in [-0.15, -0.1) is 0 Å². The number of rotatable bonds is 39. The molecule has 0 spiro atoms. The van der Waals surface area contributed by atoms with Crippen molar-refractivity contribution < 1.29 is 58.2 Å². The highest BCUT2D eigenvalue weighted by Crippen LogP contribution is 2.17. The molecule has 458 valence electrons. The largest absolute Gasteiger partial charge is 0.508 e. The van der Waals surface area contributed by atoms with Gasteiger partial charge in [0.2, 0.25) is 53.2 Å². The number of unbranched alkanes of at least 4 members (excludes halogenated alkanes) is 1. The average molecular weight is 1150 g/mol. The number of phenolic OH excluding ortho intramolecular Hbond substituents is 1. The number of carbonyl (C=O) groups excluding carboxylic acids is 9. The summed E-state index contributed by atoms with van der Waals surface area (Å²) in [6.07, 6.45) is 1.10. The Morgan fingerprint density at radius 1 is 0.519 bits per heavy atom. The number of nitrogens with one attached hydrogen (secondary N) is 8. The van der Waals surface area contributed by atoms with Crippen LogP contribution in [0.25, 0.3) is 0 Å². The fourth-order valence-corrected chi connectivity index (χ4v) is 8.41. The lowest BCUT2D eigenvalue weighted by molar-refractivity contribution is -0.142. The third-order valence-electron chi connectivity index (χ3n) is 13.3. The Kier molecular flexibility index (Phi) is 32.9. The number of aliphatic imine (C=N–C) groups is 1. The Morgan fingerprint density at radius 3 is 1.35 bits per heavy atom. The lowest BCUT2D eigenvalue weighted by Crippen LogP contribution is -2.61. The number of primary amides is 1. The predicted octanol–water partition coefficient (Wildman–Crippen LogP) is -0.487. The summed E-state index contributed by atoms with van der Waals surface area (Å²) in [5.74, 6) is -9.66. The second kappa shape index (κ2) is 37.0. The number of hydrogen-bond donors (Lipinski definition) is 15. The van der Waals surface area contributed by atoms with Crippen molar-refractivity contribution >= 4 is 65.1 Å². The molecule has 10 atom stereocenters. The van der Waals surface area contributed by atoms with Gasteiger partial charge in [0.15, 0.2) is 5.96 Å². The smallest absolute Gasteiger partial charge is 0.326 e. The maximum atomic E-state index is 14.5. The molecule has 1 aromatic rings. The van der Waals surface area contributed by atoms with E-state index < -0.39 is 119 Å². The Morgan fingerprint density at radius 2 is 0.926 bits per heavy atom. The van der Waals surface area contributed by atoms with Gasteiger partial charge >= 0.3 is 5.97 Å². The predicted molar refractivity (Wildman–Crippen MR) is 307 cm³/mol. The SMILES string of the molecule is CC[C@H](C)[C@H](NC(=O)[C@H](CC(C)C)NC(=O)[C@H](CCCN=C(N)N)NC(=O)[C@@H](N)C(C)C)C(=O)N[C@@H](CCCCN)C(=O)N[C@@H](CC(C)C)C(=O)N[C@@H](CC(C)C)C(=O)N[C@@H](Cc1ccc(O)cc1)C(=O)N[C@@H](CCC(N)=O)C(=O)O. The van der Waals surface area contributed by atoms with Crippen molar-refractivity contribution in [1.29, 1.82) is 0 Å². The fourth-order valence-electron chi connectivity index (χ4n) is 8.41. The van der Waals surface area contributed by atoms with Gasteiger partial charge in [0.1, 0.15) is 54.1 Å². The van der Waals surface area contributed by atoms with Crippen molar-refractivity contribution in [3.63, 3.8) is 0 Å². The van der Waals surface area contributed by atoms with Gasteiger partial charge in [0, 0.05) is 19.4 Å². The van der Waals surface area contributed by atoms with E-state index in [0.717, 1.165) is 0 Å². The van der Waals surface area contributed by atoms with Gasteiger partial charge in [-0.2, -0.15) is 0 Å². The molecular formula is C55H96N14O12. The Balaban J connectivity index is 3.59. The lowest BCUT2D eigenvalue weighted by Gasteiger charge is -2.30. The number of aliphatic carboxylic acids is 1. The zero-order chi connectivity index (χ0) is 61.7. The second-order valence-corrected chi connectivity index (χ2v) is 22.4. The van der Waals surface area contributed by atoms with E-state index in [2.05, 4.69) is 47.5 Å². The van der Waals surface area contributed by atoms with Crippen LogP contribution in [0.1, 0.15) is 145 Å². The molecule has 0 heterocycles. The molecule has 0 bridgehead atoms. The number of carboxylic acids is 1. The highest BCUT2D eigenvalue weighted by atomic mass is 16.4. The van der Waals surface area contributed by atoms with Crippen LogP contribution in [0.15, 0.2) is 29.3 Å². The molecule has 0 aliphatic carbocycles. The van der Waals surface area contributed by atoms with E-state index >= 15 is 0 Å². The van der Waals surface area contributed by atoms with Gasteiger partial charge in [0.05, 0.1) is 6.04 Å². The van der Waals surface area contributed by atoms with Crippen LogP contribution in [0.5, 0.6) is 5.75 Å². The van der Waals surface area contributed by atoms with Crippen LogP contribution in [-0.4, -0.2) is 143 Å². The third kappa shape index (κ3) is 28.3. The number of hydrogen-bond acceptors (Lipinski definition) is 14.